The van der Waals surface area contributed by atoms with Crippen molar-refractivity contribution >= 4 is 17.7 Å². The lowest BCUT2D eigenvalue weighted by Crippen LogP contribution is -2.54. The largest absolute Gasteiger partial charge is 0.480 e. The number of hydrogen-bond acceptors (Lipinski definition) is 2. The van der Waals surface area contributed by atoms with Crippen molar-refractivity contribution in [3.8, 4) is 0 Å². The number of carboxylic acid groups (broad SMARTS) is 1. The van der Waals surface area contributed by atoms with E-state index in [0.717, 1.165) is 18.4 Å². The monoisotopic (exact) mass is 290 g/mol. The van der Waals surface area contributed by atoms with Crippen molar-refractivity contribution in [2.45, 2.75) is 51.6 Å². The quantitative estimate of drug-likeness (QED) is 0.896. The predicted octanol–water partition coefficient (Wildman–Crippen LogP) is 2.79. The first kappa shape index (κ1) is 15.4. The number of para-hydroxylation sites is 1. The number of anilines is 1. The number of amides is 2. The van der Waals surface area contributed by atoms with E-state index in [1.165, 1.54) is 4.90 Å². The van der Waals surface area contributed by atoms with Gasteiger partial charge in [0.1, 0.15) is 6.04 Å². The molecule has 1 heterocycles. The summed E-state index contributed by atoms with van der Waals surface area (Å²) in [5, 5.41) is 12.3. The predicted molar refractivity (Wildman–Crippen MR) is 81.6 cm³/mol. The van der Waals surface area contributed by atoms with Crippen molar-refractivity contribution in [2.75, 3.05) is 4.90 Å². The molecule has 2 N–H and O–H groups in total. The van der Waals surface area contributed by atoms with Gasteiger partial charge in [0.15, 0.2) is 0 Å². The van der Waals surface area contributed by atoms with E-state index in [2.05, 4.69) is 12.2 Å². The summed E-state index contributed by atoms with van der Waals surface area (Å²) >= 11 is 0. The van der Waals surface area contributed by atoms with Gasteiger partial charge in [-0.1, -0.05) is 31.5 Å². The van der Waals surface area contributed by atoms with E-state index in [0.29, 0.717) is 12.1 Å². The Morgan fingerprint density at radius 2 is 2.05 bits per heavy atom. The molecule has 5 heteroatoms. The first-order valence-electron chi connectivity index (χ1n) is 7.28. The molecule has 2 rings (SSSR count). The molecule has 0 aromatic heterocycles. The maximum Gasteiger partial charge on any atom is 0.327 e. The highest BCUT2D eigenvalue weighted by molar-refractivity contribution is 6.01. The lowest BCUT2D eigenvalue weighted by molar-refractivity contribution is -0.138. The SMILES string of the molecule is CCCC(C)(C)NC(=O)N1c2ccccc2C[C@H]1C(=O)O. The second-order valence-electron chi connectivity index (χ2n) is 6.12. The van der Waals surface area contributed by atoms with Crippen molar-refractivity contribution in [3.63, 3.8) is 0 Å². The summed E-state index contributed by atoms with van der Waals surface area (Å²) in [6, 6.07) is 6.17. The summed E-state index contributed by atoms with van der Waals surface area (Å²) in [6.07, 6.45) is 2.14. The summed E-state index contributed by atoms with van der Waals surface area (Å²) in [5.74, 6) is -0.977. The topological polar surface area (TPSA) is 69.6 Å². The van der Waals surface area contributed by atoms with Crippen LogP contribution in [0, 0.1) is 0 Å². The molecule has 2 amide bonds. The lowest BCUT2D eigenvalue weighted by Gasteiger charge is -2.31. The molecule has 1 aromatic carbocycles. The van der Waals surface area contributed by atoms with E-state index in [9.17, 15) is 14.7 Å². The van der Waals surface area contributed by atoms with E-state index in [1.54, 1.807) is 6.07 Å². The van der Waals surface area contributed by atoms with Crippen LogP contribution in [0.3, 0.4) is 0 Å². The number of benzene rings is 1. The minimum Gasteiger partial charge on any atom is -0.480 e. The Kier molecular flexibility index (Phi) is 4.21. The Morgan fingerprint density at radius 3 is 2.67 bits per heavy atom. The van der Waals surface area contributed by atoms with Crippen LogP contribution in [0.25, 0.3) is 0 Å². The zero-order valence-electron chi connectivity index (χ0n) is 12.7. The molecule has 1 aliphatic rings. The first-order valence-corrected chi connectivity index (χ1v) is 7.28. The molecule has 0 spiro atoms. The summed E-state index contributed by atoms with van der Waals surface area (Å²) in [5.41, 5.74) is 1.23. The van der Waals surface area contributed by atoms with E-state index in [4.69, 9.17) is 0 Å². The average molecular weight is 290 g/mol. The Labute approximate surface area is 125 Å². The standard InChI is InChI=1S/C16H22N2O3/c1-4-9-16(2,3)17-15(21)18-12-8-6-5-7-11(12)10-13(18)14(19)20/h5-8,13H,4,9-10H2,1-3H3,(H,17,21)(H,19,20)/t13-/m0/s1. The van der Waals surface area contributed by atoms with Gasteiger partial charge in [0, 0.05) is 17.6 Å². The molecule has 0 aliphatic carbocycles. The van der Waals surface area contributed by atoms with E-state index >= 15 is 0 Å². The van der Waals surface area contributed by atoms with Crippen molar-refractivity contribution < 1.29 is 14.7 Å². The highest BCUT2D eigenvalue weighted by atomic mass is 16.4. The smallest absolute Gasteiger partial charge is 0.327 e. The molecule has 1 aromatic rings. The molecule has 1 atom stereocenters. The van der Waals surface area contributed by atoms with Gasteiger partial charge in [-0.05, 0) is 31.9 Å². The molecule has 1 aliphatic heterocycles. The fraction of sp³-hybridized carbons (Fsp3) is 0.500. The van der Waals surface area contributed by atoms with E-state index in [1.807, 2.05) is 32.0 Å². The van der Waals surface area contributed by atoms with Gasteiger partial charge in [-0.3, -0.25) is 4.90 Å². The molecule has 0 radical (unpaired) electrons. The van der Waals surface area contributed by atoms with Crippen LogP contribution in [0.1, 0.15) is 39.2 Å². The third kappa shape index (κ3) is 3.17. The molecule has 0 saturated heterocycles. The fourth-order valence-electron chi connectivity index (χ4n) is 2.87. The second kappa shape index (κ2) is 5.76. The minimum absolute atomic E-state index is 0.342. The second-order valence-corrected chi connectivity index (χ2v) is 6.12. The molecule has 5 nitrogen and oxygen atoms in total. The Balaban J connectivity index is 2.26. The lowest BCUT2D eigenvalue weighted by atomic mass is 9.99. The van der Waals surface area contributed by atoms with Crippen molar-refractivity contribution in [1.29, 1.82) is 0 Å². The van der Waals surface area contributed by atoms with Crippen LogP contribution in [0.4, 0.5) is 10.5 Å². The molecule has 0 saturated carbocycles. The van der Waals surface area contributed by atoms with Crippen LogP contribution in [-0.4, -0.2) is 28.7 Å². The third-order valence-electron chi connectivity index (χ3n) is 3.80. The highest BCUT2D eigenvalue weighted by Gasteiger charge is 2.39. The zero-order valence-corrected chi connectivity index (χ0v) is 12.7. The number of carboxylic acids is 1. The van der Waals surface area contributed by atoms with Crippen LogP contribution in [0.2, 0.25) is 0 Å². The summed E-state index contributed by atoms with van der Waals surface area (Å²) < 4.78 is 0. The minimum atomic E-state index is -0.977. The summed E-state index contributed by atoms with van der Waals surface area (Å²) in [4.78, 5) is 25.4. The average Bonchev–Trinajstić information content (AvgIpc) is 2.77. The van der Waals surface area contributed by atoms with Crippen molar-refractivity contribution in [2.24, 2.45) is 0 Å². The maximum atomic E-state index is 12.6. The Morgan fingerprint density at radius 1 is 1.38 bits per heavy atom. The number of fused-ring (bicyclic) bond motifs is 1. The number of aliphatic carboxylic acids is 1. The molecule has 0 unspecified atom stereocenters. The number of carbonyl (C=O) groups is 2. The van der Waals surface area contributed by atoms with Crippen LogP contribution in [0.15, 0.2) is 24.3 Å². The number of nitrogens with one attached hydrogen (secondary N) is 1. The Hall–Kier alpha value is -2.04. The van der Waals surface area contributed by atoms with Crippen molar-refractivity contribution in [1.82, 2.24) is 5.32 Å². The summed E-state index contributed by atoms with van der Waals surface area (Å²) in [6.45, 7) is 5.96. The van der Waals surface area contributed by atoms with Crippen LogP contribution in [-0.2, 0) is 11.2 Å². The fourth-order valence-corrected chi connectivity index (χ4v) is 2.87. The van der Waals surface area contributed by atoms with Gasteiger partial charge < -0.3 is 10.4 Å². The molecule has 21 heavy (non-hydrogen) atoms. The van der Waals surface area contributed by atoms with Gasteiger partial charge in [0.25, 0.3) is 0 Å². The van der Waals surface area contributed by atoms with Gasteiger partial charge in [-0.25, -0.2) is 9.59 Å². The molecular weight excluding hydrogens is 268 g/mol. The van der Waals surface area contributed by atoms with Gasteiger partial charge in [0.05, 0.1) is 0 Å². The molecule has 0 bridgehead atoms. The van der Waals surface area contributed by atoms with Gasteiger partial charge in [0.2, 0.25) is 0 Å². The van der Waals surface area contributed by atoms with E-state index in [-0.39, 0.29) is 11.6 Å². The van der Waals surface area contributed by atoms with Gasteiger partial charge in [-0.15, -0.1) is 0 Å². The van der Waals surface area contributed by atoms with Gasteiger partial charge in [-0.2, -0.15) is 0 Å². The third-order valence-corrected chi connectivity index (χ3v) is 3.80. The normalized spacial score (nSPS) is 17.5. The first-order chi connectivity index (χ1) is 9.85. The number of carbonyl (C=O) groups excluding carboxylic acids is 1. The van der Waals surface area contributed by atoms with Crippen LogP contribution >= 0.6 is 0 Å². The molecule has 0 fully saturated rings. The number of nitrogens with zero attached hydrogens (tertiary/aromatic N) is 1. The molecular formula is C16H22N2O3. The maximum absolute atomic E-state index is 12.6. The highest BCUT2D eigenvalue weighted by Crippen LogP contribution is 2.32. The Bertz CT molecular complexity index is 554. The number of rotatable bonds is 4. The van der Waals surface area contributed by atoms with Gasteiger partial charge >= 0.3 is 12.0 Å². The summed E-state index contributed by atoms with van der Waals surface area (Å²) in [7, 11) is 0. The number of urea groups is 1. The van der Waals surface area contributed by atoms with E-state index < -0.39 is 12.0 Å². The zero-order chi connectivity index (χ0) is 15.6. The number of hydrogen-bond donors (Lipinski definition) is 2. The molecule has 114 valence electrons. The van der Waals surface area contributed by atoms with Crippen molar-refractivity contribution in [3.05, 3.63) is 29.8 Å². The van der Waals surface area contributed by atoms with Crippen LogP contribution in [0.5, 0.6) is 0 Å². The van der Waals surface area contributed by atoms with Crippen LogP contribution < -0.4 is 10.2 Å².